The van der Waals surface area contributed by atoms with Gasteiger partial charge in [0.05, 0.1) is 12.2 Å². The van der Waals surface area contributed by atoms with E-state index in [2.05, 4.69) is 6.08 Å². The second kappa shape index (κ2) is 6.41. The Morgan fingerprint density at radius 2 is 1.89 bits per heavy atom. The van der Waals surface area contributed by atoms with Crippen LogP contribution in [0.5, 0.6) is 0 Å². The van der Waals surface area contributed by atoms with Crippen LogP contribution in [0.25, 0.3) is 0 Å². The molecule has 3 aliphatic rings. The number of unbranched alkanes of at least 4 members (excludes halogenated alkanes) is 1. The minimum atomic E-state index is 0.326. The van der Waals surface area contributed by atoms with Crippen LogP contribution in [0.2, 0.25) is 0 Å². The Morgan fingerprint density at radius 1 is 1.05 bits per heavy atom. The Kier molecular flexibility index (Phi) is 4.60. The highest BCUT2D eigenvalue weighted by Crippen LogP contribution is 2.46. The molecule has 1 heterocycles. The van der Waals surface area contributed by atoms with Crippen LogP contribution in [0.1, 0.15) is 64.2 Å². The van der Waals surface area contributed by atoms with Gasteiger partial charge in [-0.05, 0) is 51.4 Å². The van der Waals surface area contributed by atoms with Gasteiger partial charge in [0.25, 0.3) is 0 Å². The van der Waals surface area contributed by atoms with E-state index < -0.39 is 0 Å². The SMILES string of the molecule is OCCCC[C@@H]1O[C@@H]2CCCC[C@@H]2C2=CCCC[C@H]21. The fourth-order valence-corrected chi connectivity index (χ4v) is 4.44. The lowest BCUT2D eigenvalue weighted by molar-refractivity contribution is -0.107. The lowest BCUT2D eigenvalue weighted by atomic mass is 9.68. The Labute approximate surface area is 117 Å². The second-order valence-electron chi connectivity index (χ2n) is 6.56. The molecule has 0 unspecified atom stereocenters. The van der Waals surface area contributed by atoms with Crippen LogP contribution in [0.3, 0.4) is 0 Å². The van der Waals surface area contributed by atoms with Crippen molar-refractivity contribution in [2.24, 2.45) is 11.8 Å². The van der Waals surface area contributed by atoms with E-state index in [0.717, 1.165) is 25.2 Å². The van der Waals surface area contributed by atoms with Crippen molar-refractivity contribution in [3.05, 3.63) is 11.6 Å². The number of aliphatic hydroxyl groups is 1. The molecule has 0 amide bonds. The molecule has 0 radical (unpaired) electrons. The summed E-state index contributed by atoms with van der Waals surface area (Å²) in [5, 5.41) is 8.96. The molecule has 0 spiro atoms. The fourth-order valence-electron chi connectivity index (χ4n) is 4.44. The molecule has 2 nitrogen and oxygen atoms in total. The third-order valence-electron chi connectivity index (χ3n) is 5.35. The van der Waals surface area contributed by atoms with Crippen LogP contribution < -0.4 is 0 Å². The molecule has 2 heteroatoms. The van der Waals surface area contributed by atoms with Crippen LogP contribution in [-0.4, -0.2) is 23.9 Å². The van der Waals surface area contributed by atoms with Gasteiger partial charge in [-0.3, -0.25) is 0 Å². The number of hydrogen-bond acceptors (Lipinski definition) is 2. The maximum atomic E-state index is 8.96. The monoisotopic (exact) mass is 264 g/mol. The average molecular weight is 264 g/mol. The second-order valence-corrected chi connectivity index (χ2v) is 6.56. The van der Waals surface area contributed by atoms with E-state index in [1.807, 2.05) is 0 Å². The summed E-state index contributed by atoms with van der Waals surface area (Å²) in [6, 6.07) is 0. The maximum Gasteiger partial charge on any atom is 0.0644 e. The van der Waals surface area contributed by atoms with Gasteiger partial charge in [-0.25, -0.2) is 0 Å². The first-order chi connectivity index (χ1) is 9.40. The highest BCUT2D eigenvalue weighted by atomic mass is 16.5. The largest absolute Gasteiger partial charge is 0.396 e. The molecule has 0 aromatic carbocycles. The number of rotatable bonds is 4. The lowest BCUT2D eigenvalue weighted by Crippen LogP contribution is -2.45. The van der Waals surface area contributed by atoms with E-state index >= 15 is 0 Å². The van der Waals surface area contributed by atoms with E-state index in [9.17, 15) is 0 Å². The predicted molar refractivity (Wildman–Crippen MR) is 77.0 cm³/mol. The molecule has 1 saturated carbocycles. The summed E-state index contributed by atoms with van der Waals surface area (Å²) in [5.74, 6) is 1.44. The van der Waals surface area contributed by atoms with Crippen LogP contribution in [0, 0.1) is 11.8 Å². The van der Waals surface area contributed by atoms with Gasteiger partial charge in [-0.15, -0.1) is 0 Å². The third kappa shape index (κ3) is 2.90. The standard InChI is InChI=1S/C17H28O2/c18-12-6-5-11-17-14-8-2-1-7-13(14)15-9-3-4-10-16(15)19-17/h7,14-18H,1-6,8-12H2/t14-,15-,16-,17+/m1/s1. The Hall–Kier alpha value is -0.340. The Morgan fingerprint density at radius 3 is 2.79 bits per heavy atom. The fraction of sp³-hybridized carbons (Fsp3) is 0.882. The Balaban J connectivity index is 1.71. The zero-order valence-electron chi connectivity index (χ0n) is 12.0. The average Bonchev–Trinajstić information content (AvgIpc) is 2.47. The molecule has 0 aromatic heterocycles. The molecule has 19 heavy (non-hydrogen) atoms. The van der Waals surface area contributed by atoms with Crippen molar-refractivity contribution < 1.29 is 9.84 Å². The van der Waals surface area contributed by atoms with Crippen molar-refractivity contribution in [1.82, 2.24) is 0 Å². The topological polar surface area (TPSA) is 29.5 Å². The number of fused-ring (bicyclic) bond motifs is 3. The van der Waals surface area contributed by atoms with Crippen molar-refractivity contribution in [2.75, 3.05) is 6.61 Å². The van der Waals surface area contributed by atoms with Gasteiger partial charge < -0.3 is 9.84 Å². The summed E-state index contributed by atoms with van der Waals surface area (Å²) >= 11 is 0. The minimum absolute atomic E-state index is 0.326. The van der Waals surface area contributed by atoms with Gasteiger partial charge in [0, 0.05) is 18.4 Å². The summed E-state index contributed by atoms with van der Waals surface area (Å²) in [4.78, 5) is 0. The first-order valence-corrected chi connectivity index (χ1v) is 8.36. The number of aliphatic hydroxyl groups excluding tert-OH is 1. The van der Waals surface area contributed by atoms with Gasteiger partial charge >= 0.3 is 0 Å². The van der Waals surface area contributed by atoms with Crippen LogP contribution in [0.4, 0.5) is 0 Å². The van der Waals surface area contributed by atoms with Crippen LogP contribution >= 0.6 is 0 Å². The maximum absolute atomic E-state index is 8.96. The van der Waals surface area contributed by atoms with E-state index in [4.69, 9.17) is 9.84 Å². The molecule has 108 valence electrons. The first kappa shape index (κ1) is 13.6. The minimum Gasteiger partial charge on any atom is -0.396 e. The quantitative estimate of drug-likeness (QED) is 0.617. The van der Waals surface area contributed by atoms with Gasteiger partial charge in [0.15, 0.2) is 0 Å². The number of hydrogen-bond donors (Lipinski definition) is 1. The van der Waals surface area contributed by atoms with Gasteiger partial charge in [-0.1, -0.05) is 24.5 Å². The summed E-state index contributed by atoms with van der Waals surface area (Å²) in [7, 11) is 0. The highest BCUT2D eigenvalue weighted by molar-refractivity contribution is 5.20. The molecule has 1 aliphatic heterocycles. The van der Waals surface area contributed by atoms with Crippen molar-refractivity contribution in [1.29, 1.82) is 0 Å². The highest BCUT2D eigenvalue weighted by Gasteiger charge is 2.42. The van der Waals surface area contributed by atoms with Crippen molar-refractivity contribution in [3.63, 3.8) is 0 Å². The molecule has 4 atom stereocenters. The lowest BCUT2D eigenvalue weighted by Gasteiger charge is -2.47. The molecule has 2 aliphatic carbocycles. The zero-order valence-corrected chi connectivity index (χ0v) is 12.0. The Bertz CT molecular complexity index is 323. The third-order valence-corrected chi connectivity index (χ3v) is 5.35. The molecule has 1 N–H and O–H groups in total. The molecular formula is C17H28O2. The zero-order chi connectivity index (χ0) is 13.1. The van der Waals surface area contributed by atoms with Gasteiger partial charge in [0.1, 0.15) is 0 Å². The van der Waals surface area contributed by atoms with Crippen LogP contribution in [-0.2, 0) is 4.74 Å². The first-order valence-electron chi connectivity index (χ1n) is 8.36. The van der Waals surface area contributed by atoms with Gasteiger partial charge in [-0.2, -0.15) is 0 Å². The van der Waals surface area contributed by atoms with Gasteiger partial charge in [0.2, 0.25) is 0 Å². The van der Waals surface area contributed by atoms with Crippen molar-refractivity contribution in [3.8, 4) is 0 Å². The normalized spacial score (nSPS) is 38.3. The number of ether oxygens (including phenoxy) is 1. The van der Waals surface area contributed by atoms with Crippen LogP contribution in [0.15, 0.2) is 11.6 Å². The van der Waals surface area contributed by atoms with Crippen molar-refractivity contribution in [2.45, 2.75) is 76.4 Å². The summed E-state index contributed by atoms with van der Waals surface area (Å²) in [6.45, 7) is 0.326. The van der Waals surface area contributed by atoms with E-state index in [0.29, 0.717) is 24.7 Å². The molecule has 0 aromatic rings. The smallest absolute Gasteiger partial charge is 0.0644 e. The molecule has 2 fully saturated rings. The molecule has 0 bridgehead atoms. The van der Waals surface area contributed by atoms with Crippen molar-refractivity contribution >= 4 is 0 Å². The summed E-state index contributed by atoms with van der Waals surface area (Å²) < 4.78 is 6.48. The molecule has 1 saturated heterocycles. The summed E-state index contributed by atoms with van der Waals surface area (Å²) in [5.41, 5.74) is 1.76. The van der Waals surface area contributed by atoms with E-state index in [1.54, 1.807) is 5.57 Å². The van der Waals surface area contributed by atoms with E-state index in [1.165, 1.54) is 44.9 Å². The predicted octanol–water partition coefficient (Wildman–Crippen LogP) is 3.83. The van der Waals surface area contributed by atoms with E-state index in [-0.39, 0.29) is 0 Å². The molecular weight excluding hydrogens is 236 g/mol. The summed E-state index contributed by atoms with van der Waals surface area (Å²) in [6.07, 6.45) is 16.0. The molecule has 3 rings (SSSR count). The number of allylic oxidation sites excluding steroid dienone is 1.